The smallest absolute Gasteiger partial charge is 0.271 e. The van der Waals surface area contributed by atoms with Crippen LogP contribution in [0.1, 0.15) is 65.2 Å². The zero-order valence-corrected chi connectivity index (χ0v) is 17.0. The highest BCUT2D eigenvalue weighted by Crippen LogP contribution is 2.36. The van der Waals surface area contributed by atoms with Crippen LogP contribution in [0.3, 0.4) is 0 Å². The van der Waals surface area contributed by atoms with E-state index in [1.165, 1.54) is 11.1 Å². The van der Waals surface area contributed by atoms with Gasteiger partial charge in [-0.15, -0.1) is 0 Å². The van der Waals surface area contributed by atoms with Gasteiger partial charge in [0, 0.05) is 5.56 Å². The van der Waals surface area contributed by atoms with Crippen molar-refractivity contribution in [3.8, 4) is 5.69 Å². The maximum Gasteiger partial charge on any atom is 0.271 e. The molecule has 0 saturated carbocycles. The summed E-state index contributed by atoms with van der Waals surface area (Å²) in [5.41, 5.74) is 7.23. The van der Waals surface area contributed by atoms with Gasteiger partial charge in [-0.25, -0.2) is 4.68 Å². The third-order valence-electron chi connectivity index (χ3n) is 5.39. The van der Waals surface area contributed by atoms with E-state index < -0.39 is 0 Å². The molecule has 0 saturated heterocycles. The SMILES string of the molecule is CCc1ccccc1-n1nc(CC(C)C)c2c1C(=O)NC2c1ccc(C)cc1. The Labute approximate surface area is 166 Å². The molecule has 0 bridgehead atoms. The number of hydrogen-bond donors (Lipinski definition) is 1. The van der Waals surface area contributed by atoms with E-state index in [-0.39, 0.29) is 11.9 Å². The van der Waals surface area contributed by atoms with Crippen molar-refractivity contribution in [2.24, 2.45) is 5.92 Å². The van der Waals surface area contributed by atoms with Crippen molar-refractivity contribution in [1.29, 1.82) is 0 Å². The minimum atomic E-state index is -0.139. The fraction of sp³-hybridized carbons (Fsp3) is 0.333. The molecule has 3 aromatic rings. The molecule has 0 aliphatic carbocycles. The summed E-state index contributed by atoms with van der Waals surface area (Å²) < 4.78 is 1.87. The van der Waals surface area contributed by atoms with Crippen molar-refractivity contribution in [1.82, 2.24) is 15.1 Å². The number of aryl methyl sites for hydroxylation is 2. The first kappa shape index (κ1) is 18.5. The highest BCUT2D eigenvalue weighted by atomic mass is 16.2. The molecule has 4 nitrogen and oxygen atoms in total. The lowest BCUT2D eigenvalue weighted by atomic mass is 9.95. The molecule has 1 aromatic heterocycles. The van der Waals surface area contributed by atoms with E-state index in [0.29, 0.717) is 11.6 Å². The van der Waals surface area contributed by atoms with Crippen LogP contribution in [-0.4, -0.2) is 15.7 Å². The largest absolute Gasteiger partial charge is 0.340 e. The molecule has 1 unspecified atom stereocenters. The lowest BCUT2D eigenvalue weighted by Crippen LogP contribution is -2.23. The van der Waals surface area contributed by atoms with E-state index in [1.807, 2.05) is 16.8 Å². The van der Waals surface area contributed by atoms with Crippen molar-refractivity contribution in [3.05, 3.63) is 82.2 Å². The third-order valence-corrected chi connectivity index (χ3v) is 5.39. The Bertz CT molecular complexity index is 1010. The molecular formula is C24H27N3O. The summed E-state index contributed by atoms with van der Waals surface area (Å²) in [6.07, 6.45) is 1.74. The molecular weight excluding hydrogens is 346 g/mol. The molecule has 0 radical (unpaired) electrons. The second-order valence-electron chi connectivity index (χ2n) is 8.02. The average molecular weight is 374 g/mol. The summed E-state index contributed by atoms with van der Waals surface area (Å²) in [5.74, 6) is 0.414. The molecule has 2 aromatic carbocycles. The van der Waals surface area contributed by atoms with Gasteiger partial charge in [-0.1, -0.05) is 68.8 Å². The van der Waals surface area contributed by atoms with Crippen molar-refractivity contribution in [3.63, 3.8) is 0 Å². The second-order valence-corrected chi connectivity index (χ2v) is 8.02. The first-order valence-electron chi connectivity index (χ1n) is 10.1. The van der Waals surface area contributed by atoms with E-state index in [9.17, 15) is 4.79 Å². The van der Waals surface area contributed by atoms with Gasteiger partial charge in [0.15, 0.2) is 0 Å². The van der Waals surface area contributed by atoms with Crippen LogP contribution in [0.5, 0.6) is 0 Å². The molecule has 4 heteroatoms. The lowest BCUT2D eigenvalue weighted by Gasteiger charge is -2.14. The number of hydrogen-bond acceptors (Lipinski definition) is 2. The predicted octanol–water partition coefficient (Wildman–Crippen LogP) is 4.77. The molecule has 144 valence electrons. The number of aromatic nitrogens is 2. The Kier molecular flexibility index (Phi) is 4.80. The Balaban J connectivity index is 1.91. The van der Waals surface area contributed by atoms with Crippen LogP contribution in [0.2, 0.25) is 0 Å². The summed E-state index contributed by atoms with van der Waals surface area (Å²) in [5, 5.41) is 8.15. The summed E-state index contributed by atoms with van der Waals surface area (Å²) in [6.45, 7) is 8.59. The van der Waals surface area contributed by atoms with Gasteiger partial charge in [0.05, 0.1) is 17.4 Å². The monoisotopic (exact) mass is 373 g/mol. The van der Waals surface area contributed by atoms with Crippen LogP contribution in [0.15, 0.2) is 48.5 Å². The standard InChI is InChI=1S/C24H27N3O/c1-5-17-8-6-7-9-20(17)27-23-21(19(26-27)14-15(2)3)22(25-24(23)28)18-12-10-16(4)11-13-18/h6-13,15,22H,5,14H2,1-4H3,(H,25,28). The fourth-order valence-corrected chi connectivity index (χ4v) is 4.01. The van der Waals surface area contributed by atoms with Gasteiger partial charge in [-0.2, -0.15) is 5.10 Å². The molecule has 28 heavy (non-hydrogen) atoms. The molecule has 1 amide bonds. The normalized spacial score (nSPS) is 15.8. The van der Waals surface area contributed by atoms with Gasteiger partial charge < -0.3 is 5.32 Å². The van der Waals surface area contributed by atoms with Crippen LogP contribution in [0.4, 0.5) is 0 Å². The Morgan fingerprint density at radius 2 is 1.82 bits per heavy atom. The van der Waals surface area contributed by atoms with Gasteiger partial charge in [-0.05, 0) is 42.9 Å². The van der Waals surface area contributed by atoms with E-state index in [1.54, 1.807) is 0 Å². The number of fused-ring (bicyclic) bond motifs is 1. The Morgan fingerprint density at radius 1 is 1.11 bits per heavy atom. The number of amides is 1. The predicted molar refractivity (Wildman–Crippen MR) is 112 cm³/mol. The highest BCUT2D eigenvalue weighted by Gasteiger charge is 2.38. The molecule has 1 atom stereocenters. The van der Waals surface area contributed by atoms with Crippen LogP contribution < -0.4 is 5.32 Å². The minimum absolute atomic E-state index is 0.0472. The molecule has 0 fully saturated rings. The van der Waals surface area contributed by atoms with Gasteiger partial charge in [-0.3, -0.25) is 4.79 Å². The number of nitrogens with one attached hydrogen (secondary N) is 1. The lowest BCUT2D eigenvalue weighted by molar-refractivity contribution is 0.0953. The maximum absolute atomic E-state index is 13.0. The molecule has 2 heterocycles. The molecule has 4 rings (SSSR count). The molecule has 1 aliphatic rings. The van der Waals surface area contributed by atoms with Crippen molar-refractivity contribution in [2.75, 3.05) is 0 Å². The molecule has 1 N–H and O–H groups in total. The summed E-state index contributed by atoms with van der Waals surface area (Å²) in [6, 6.07) is 16.5. The third kappa shape index (κ3) is 3.13. The zero-order chi connectivity index (χ0) is 19.8. The van der Waals surface area contributed by atoms with Crippen LogP contribution >= 0.6 is 0 Å². The number of benzene rings is 2. The summed E-state index contributed by atoms with van der Waals surface area (Å²) in [4.78, 5) is 13.0. The molecule has 0 spiro atoms. The minimum Gasteiger partial charge on any atom is -0.340 e. The van der Waals surface area contributed by atoms with Gasteiger partial charge in [0.1, 0.15) is 5.69 Å². The van der Waals surface area contributed by atoms with E-state index in [2.05, 4.69) is 69.4 Å². The molecule has 1 aliphatic heterocycles. The summed E-state index contributed by atoms with van der Waals surface area (Å²) >= 11 is 0. The average Bonchev–Trinajstić information content (AvgIpc) is 3.21. The van der Waals surface area contributed by atoms with Crippen molar-refractivity contribution < 1.29 is 4.79 Å². The Morgan fingerprint density at radius 3 is 2.50 bits per heavy atom. The highest BCUT2D eigenvalue weighted by molar-refractivity contribution is 5.99. The number of carbonyl (C=O) groups excluding carboxylic acids is 1. The van der Waals surface area contributed by atoms with Crippen molar-refractivity contribution in [2.45, 2.75) is 46.6 Å². The number of para-hydroxylation sites is 1. The number of rotatable bonds is 5. The number of carbonyl (C=O) groups is 1. The number of nitrogens with zero attached hydrogens (tertiary/aromatic N) is 2. The zero-order valence-electron chi connectivity index (χ0n) is 17.0. The summed E-state index contributed by atoms with van der Waals surface area (Å²) in [7, 11) is 0. The second kappa shape index (κ2) is 7.27. The van der Waals surface area contributed by atoms with Crippen LogP contribution in [0.25, 0.3) is 5.69 Å². The quantitative estimate of drug-likeness (QED) is 0.700. The van der Waals surface area contributed by atoms with Gasteiger partial charge in [0.2, 0.25) is 0 Å². The van der Waals surface area contributed by atoms with Gasteiger partial charge in [0.25, 0.3) is 5.91 Å². The van der Waals surface area contributed by atoms with Gasteiger partial charge >= 0.3 is 0 Å². The van der Waals surface area contributed by atoms with Crippen LogP contribution in [-0.2, 0) is 12.8 Å². The first-order chi connectivity index (χ1) is 13.5. The first-order valence-corrected chi connectivity index (χ1v) is 10.1. The van der Waals surface area contributed by atoms with E-state index >= 15 is 0 Å². The topological polar surface area (TPSA) is 46.9 Å². The van der Waals surface area contributed by atoms with E-state index in [4.69, 9.17) is 5.10 Å². The Hall–Kier alpha value is -2.88. The van der Waals surface area contributed by atoms with Crippen molar-refractivity contribution >= 4 is 5.91 Å². The van der Waals surface area contributed by atoms with E-state index in [0.717, 1.165) is 35.3 Å². The van der Waals surface area contributed by atoms with Crippen LogP contribution in [0, 0.1) is 12.8 Å². The maximum atomic E-state index is 13.0. The fourth-order valence-electron chi connectivity index (χ4n) is 4.01.